The Morgan fingerprint density at radius 2 is 1.50 bits per heavy atom. The van der Waals surface area contributed by atoms with Crippen LogP contribution in [0.2, 0.25) is 0 Å². The molecule has 1 aromatic rings. The monoisotopic (exact) mass is 283 g/mol. The second-order valence-corrected chi connectivity index (χ2v) is 5.12. The highest BCUT2D eigenvalue weighted by Crippen LogP contribution is 2.23. The van der Waals surface area contributed by atoms with Gasteiger partial charge in [0.1, 0.15) is 12.4 Å². The fourth-order valence-corrected chi connectivity index (χ4v) is 2.05. The normalized spacial score (nSPS) is 15.5. The zero-order valence-corrected chi connectivity index (χ0v) is 12.4. The van der Waals surface area contributed by atoms with E-state index >= 15 is 0 Å². The SMILES string of the molecule is CC(O)COc1ccc(N(C(C)CO)C(C)CO)cc1. The van der Waals surface area contributed by atoms with Gasteiger partial charge >= 0.3 is 0 Å². The number of anilines is 1. The Bertz CT molecular complexity index is 370. The van der Waals surface area contributed by atoms with Gasteiger partial charge in [0.2, 0.25) is 0 Å². The van der Waals surface area contributed by atoms with Gasteiger partial charge in [-0.15, -0.1) is 0 Å². The van der Waals surface area contributed by atoms with E-state index in [1.165, 1.54) is 0 Å². The zero-order chi connectivity index (χ0) is 15.1. The smallest absolute Gasteiger partial charge is 0.119 e. The molecule has 0 saturated heterocycles. The lowest BCUT2D eigenvalue weighted by atomic mass is 10.1. The fraction of sp³-hybridized carbons (Fsp3) is 0.600. The van der Waals surface area contributed by atoms with Crippen LogP contribution in [-0.2, 0) is 0 Å². The number of aliphatic hydroxyl groups excluding tert-OH is 3. The highest BCUT2D eigenvalue weighted by Gasteiger charge is 2.19. The lowest BCUT2D eigenvalue weighted by Gasteiger charge is -2.35. The maximum atomic E-state index is 9.34. The van der Waals surface area contributed by atoms with Crippen LogP contribution in [0.1, 0.15) is 20.8 Å². The van der Waals surface area contributed by atoms with Crippen molar-refractivity contribution in [3.05, 3.63) is 24.3 Å². The molecule has 0 aromatic heterocycles. The fourth-order valence-electron chi connectivity index (χ4n) is 2.05. The molecule has 114 valence electrons. The maximum absolute atomic E-state index is 9.34. The third-order valence-corrected chi connectivity index (χ3v) is 3.10. The summed E-state index contributed by atoms with van der Waals surface area (Å²) in [5.41, 5.74) is 0.914. The van der Waals surface area contributed by atoms with Crippen molar-refractivity contribution in [1.82, 2.24) is 0 Å². The molecule has 5 nitrogen and oxygen atoms in total. The van der Waals surface area contributed by atoms with Crippen molar-refractivity contribution in [2.75, 3.05) is 24.7 Å². The summed E-state index contributed by atoms with van der Waals surface area (Å²) in [4.78, 5) is 1.97. The molecule has 0 aliphatic carbocycles. The van der Waals surface area contributed by atoms with Crippen molar-refractivity contribution in [2.45, 2.75) is 39.0 Å². The molecule has 0 heterocycles. The minimum atomic E-state index is -0.505. The van der Waals surface area contributed by atoms with Gasteiger partial charge in [-0.3, -0.25) is 0 Å². The van der Waals surface area contributed by atoms with Gasteiger partial charge < -0.3 is 25.0 Å². The number of rotatable bonds is 8. The molecule has 0 spiro atoms. The number of ether oxygens (including phenoxy) is 1. The van der Waals surface area contributed by atoms with Gasteiger partial charge in [-0.25, -0.2) is 0 Å². The summed E-state index contributed by atoms with van der Waals surface area (Å²) >= 11 is 0. The summed E-state index contributed by atoms with van der Waals surface area (Å²) in [5, 5.41) is 27.8. The highest BCUT2D eigenvalue weighted by molar-refractivity contribution is 5.50. The summed E-state index contributed by atoms with van der Waals surface area (Å²) in [6, 6.07) is 7.24. The number of aliphatic hydroxyl groups is 3. The van der Waals surface area contributed by atoms with Crippen LogP contribution in [0.3, 0.4) is 0 Å². The molecular formula is C15H25NO4. The van der Waals surface area contributed by atoms with Gasteiger partial charge in [-0.2, -0.15) is 0 Å². The van der Waals surface area contributed by atoms with Crippen LogP contribution in [0.25, 0.3) is 0 Å². The van der Waals surface area contributed by atoms with Gasteiger partial charge in [-0.05, 0) is 45.0 Å². The quantitative estimate of drug-likeness (QED) is 0.664. The van der Waals surface area contributed by atoms with Crippen molar-refractivity contribution in [3.63, 3.8) is 0 Å². The van der Waals surface area contributed by atoms with E-state index in [-0.39, 0.29) is 31.9 Å². The van der Waals surface area contributed by atoms with E-state index in [2.05, 4.69) is 0 Å². The van der Waals surface area contributed by atoms with Crippen molar-refractivity contribution in [3.8, 4) is 5.75 Å². The molecular weight excluding hydrogens is 258 g/mol. The Labute approximate surface area is 120 Å². The number of hydrogen-bond acceptors (Lipinski definition) is 5. The van der Waals surface area contributed by atoms with Crippen LogP contribution in [0.15, 0.2) is 24.3 Å². The minimum Gasteiger partial charge on any atom is -0.491 e. The Balaban J connectivity index is 2.82. The zero-order valence-electron chi connectivity index (χ0n) is 12.4. The van der Waals surface area contributed by atoms with Crippen LogP contribution in [0.4, 0.5) is 5.69 Å². The summed E-state index contributed by atoms with van der Waals surface area (Å²) in [6.45, 7) is 5.77. The van der Waals surface area contributed by atoms with E-state index in [0.717, 1.165) is 5.69 Å². The first-order valence-corrected chi connectivity index (χ1v) is 6.90. The Hall–Kier alpha value is -1.30. The van der Waals surface area contributed by atoms with Crippen LogP contribution >= 0.6 is 0 Å². The predicted octanol–water partition coefficient (Wildman–Crippen LogP) is 1.01. The number of hydrogen-bond donors (Lipinski definition) is 3. The number of nitrogens with zero attached hydrogens (tertiary/aromatic N) is 1. The molecule has 0 aliphatic heterocycles. The first kappa shape index (κ1) is 16.8. The van der Waals surface area contributed by atoms with E-state index in [9.17, 15) is 15.3 Å². The average Bonchev–Trinajstić information content (AvgIpc) is 2.46. The minimum absolute atomic E-state index is 0.0185. The van der Waals surface area contributed by atoms with E-state index in [0.29, 0.717) is 5.75 Å². The third-order valence-electron chi connectivity index (χ3n) is 3.10. The van der Waals surface area contributed by atoms with Crippen molar-refractivity contribution >= 4 is 5.69 Å². The first-order chi connectivity index (χ1) is 9.49. The number of benzene rings is 1. The van der Waals surface area contributed by atoms with Gasteiger partial charge in [0, 0.05) is 17.8 Å². The molecule has 5 heteroatoms. The van der Waals surface area contributed by atoms with Gasteiger partial charge in [0.15, 0.2) is 0 Å². The average molecular weight is 283 g/mol. The summed E-state index contributed by atoms with van der Waals surface area (Å²) < 4.78 is 5.41. The second kappa shape index (κ2) is 8.09. The van der Waals surface area contributed by atoms with E-state index in [1.54, 1.807) is 6.92 Å². The second-order valence-electron chi connectivity index (χ2n) is 5.12. The van der Waals surface area contributed by atoms with Gasteiger partial charge in [0.05, 0.1) is 19.3 Å². The molecule has 20 heavy (non-hydrogen) atoms. The molecule has 0 aliphatic rings. The first-order valence-electron chi connectivity index (χ1n) is 6.90. The molecule has 0 fully saturated rings. The third kappa shape index (κ3) is 4.67. The molecule has 3 atom stereocenters. The van der Waals surface area contributed by atoms with Crippen LogP contribution in [0.5, 0.6) is 5.75 Å². The van der Waals surface area contributed by atoms with E-state index < -0.39 is 6.10 Å². The molecule has 1 aromatic carbocycles. The van der Waals surface area contributed by atoms with Gasteiger partial charge in [-0.1, -0.05) is 0 Å². The van der Waals surface area contributed by atoms with Crippen LogP contribution in [-0.4, -0.2) is 53.3 Å². The van der Waals surface area contributed by atoms with Crippen molar-refractivity contribution in [2.24, 2.45) is 0 Å². The summed E-state index contributed by atoms with van der Waals surface area (Å²) in [7, 11) is 0. The molecule has 0 radical (unpaired) electrons. The molecule has 0 bridgehead atoms. The largest absolute Gasteiger partial charge is 0.491 e. The van der Waals surface area contributed by atoms with Crippen LogP contribution < -0.4 is 9.64 Å². The predicted molar refractivity (Wildman–Crippen MR) is 79.2 cm³/mol. The van der Waals surface area contributed by atoms with Crippen LogP contribution in [0, 0.1) is 0 Å². The summed E-state index contributed by atoms with van der Waals surface area (Å²) in [6.07, 6.45) is -0.505. The van der Waals surface area contributed by atoms with Crippen molar-refractivity contribution < 1.29 is 20.1 Å². The standard InChI is InChI=1S/C15H25NO4/c1-11(8-17)16(12(2)9-18)14-4-6-15(7-5-14)20-10-13(3)19/h4-7,11-13,17-19H,8-10H2,1-3H3. The molecule has 1 rings (SSSR count). The molecule has 0 amide bonds. The lowest BCUT2D eigenvalue weighted by molar-refractivity contribution is 0.123. The molecule has 0 saturated carbocycles. The molecule has 3 unspecified atom stereocenters. The molecule has 3 N–H and O–H groups in total. The van der Waals surface area contributed by atoms with Gasteiger partial charge in [0.25, 0.3) is 0 Å². The topological polar surface area (TPSA) is 73.2 Å². The van der Waals surface area contributed by atoms with E-state index in [4.69, 9.17) is 4.74 Å². The van der Waals surface area contributed by atoms with E-state index in [1.807, 2.05) is 43.0 Å². The lowest BCUT2D eigenvalue weighted by Crippen LogP contribution is -2.44. The Morgan fingerprint density at radius 1 is 1.00 bits per heavy atom. The summed E-state index contributed by atoms with van der Waals surface area (Å²) in [5.74, 6) is 0.683. The Morgan fingerprint density at radius 3 is 1.90 bits per heavy atom. The highest BCUT2D eigenvalue weighted by atomic mass is 16.5. The Kier molecular flexibility index (Phi) is 6.78. The van der Waals surface area contributed by atoms with Crippen molar-refractivity contribution in [1.29, 1.82) is 0 Å². The maximum Gasteiger partial charge on any atom is 0.119 e.